The van der Waals surface area contributed by atoms with E-state index >= 15 is 0 Å². The van der Waals surface area contributed by atoms with Crippen LogP contribution in [0.25, 0.3) is 11.3 Å². The van der Waals surface area contributed by atoms with Crippen LogP contribution in [0.15, 0.2) is 84.9 Å². The van der Waals surface area contributed by atoms with Crippen molar-refractivity contribution < 1.29 is 14.2 Å². The molecule has 0 spiro atoms. The van der Waals surface area contributed by atoms with E-state index in [0.717, 1.165) is 22.4 Å². The molecule has 1 N–H and O–H groups in total. The number of aliphatic hydroxyl groups excluding tert-OH is 1. The smallest absolute Gasteiger partial charge is 0.222 e. The normalized spacial score (nSPS) is 12.3. The quantitative estimate of drug-likeness (QED) is 0.315. The van der Waals surface area contributed by atoms with E-state index in [2.05, 4.69) is 18.7 Å². The molecule has 0 saturated heterocycles. The molecule has 6 heteroatoms. The zero-order chi connectivity index (χ0) is 24.8. The van der Waals surface area contributed by atoms with E-state index in [-0.39, 0.29) is 11.9 Å². The maximum atomic E-state index is 13.4. The van der Waals surface area contributed by atoms with Crippen molar-refractivity contribution in [3.8, 4) is 22.9 Å². The van der Waals surface area contributed by atoms with Crippen molar-refractivity contribution in [3.05, 3.63) is 102 Å². The molecule has 0 radical (unpaired) electrons. The fraction of sp³-hybridized carbons (Fsp3) is 0.276. The van der Waals surface area contributed by atoms with Crippen LogP contribution in [0.5, 0.6) is 11.6 Å². The molecule has 0 amide bonds. The number of rotatable bonds is 10. The predicted molar refractivity (Wildman–Crippen MR) is 137 cm³/mol. The van der Waals surface area contributed by atoms with Gasteiger partial charge in [0.25, 0.3) is 0 Å². The van der Waals surface area contributed by atoms with Crippen LogP contribution in [0.2, 0.25) is 0 Å². The molecule has 0 saturated carbocycles. The van der Waals surface area contributed by atoms with Crippen molar-refractivity contribution in [3.63, 3.8) is 0 Å². The lowest BCUT2D eigenvalue weighted by Gasteiger charge is -2.29. The Kier molecular flexibility index (Phi) is 7.95. The summed E-state index contributed by atoms with van der Waals surface area (Å²) in [5.41, 5.74) is 3.84. The number of aliphatic hydroxyl groups is 1. The van der Waals surface area contributed by atoms with E-state index in [0.29, 0.717) is 31.1 Å². The first-order valence-electron chi connectivity index (χ1n) is 11.9. The maximum absolute atomic E-state index is 13.4. The van der Waals surface area contributed by atoms with Gasteiger partial charge in [-0.05, 0) is 50.1 Å². The zero-order valence-corrected chi connectivity index (χ0v) is 20.4. The van der Waals surface area contributed by atoms with Gasteiger partial charge in [0.1, 0.15) is 17.3 Å². The Morgan fingerprint density at radius 3 is 2.20 bits per heavy atom. The van der Waals surface area contributed by atoms with E-state index in [1.165, 1.54) is 12.1 Å². The van der Waals surface area contributed by atoms with Gasteiger partial charge in [-0.1, -0.05) is 60.7 Å². The Bertz CT molecular complexity index is 1210. The zero-order valence-electron chi connectivity index (χ0n) is 20.4. The van der Waals surface area contributed by atoms with Crippen LogP contribution < -0.4 is 4.74 Å². The summed E-state index contributed by atoms with van der Waals surface area (Å²) in [5.74, 6) is 0.820. The number of halogens is 1. The summed E-state index contributed by atoms with van der Waals surface area (Å²) >= 11 is 0. The highest BCUT2D eigenvalue weighted by atomic mass is 19.1. The topological polar surface area (TPSA) is 50.5 Å². The molecule has 0 aliphatic heterocycles. The third-order valence-electron chi connectivity index (χ3n) is 6.01. The second kappa shape index (κ2) is 11.3. The van der Waals surface area contributed by atoms with Gasteiger partial charge in [-0.3, -0.25) is 4.90 Å². The summed E-state index contributed by atoms with van der Waals surface area (Å²) < 4.78 is 21.4. The highest BCUT2D eigenvalue weighted by molar-refractivity contribution is 5.65. The number of benzene rings is 3. The number of ether oxygens (including phenoxy) is 1. The van der Waals surface area contributed by atoms with E-state index in [4.69, 9.17) is 9.84 Å². The molecule has 0 aliphatic carbocycles. The van der Waals surface area contributed by atoms with Crippen molar-refractivity contribution in [2.75, 3.05) is 6.54 Å². The molecular weight excluding hydrogens is 441 g/mol. The van der Waals surface area contributed by atoms with Gasteiger partial charge in [-0.2, -0.15) is 5.10 Å². The third-order valence-corrected chi connectivity index (χ3v) is 6.01. The lowest BCUT2D eigenvalue weighted by atomic mass is 10.0. The van der Waals surface area contributed by atoms with E-state index < -0.39 is 6.10 Å². The van der Waals surface area contributed by atoms with Gasteiger partial charge in [0.2, 0.25) is 5.88 Å². The number of aromatic nitrogens is 2. The first kappa shape index (κ1) is 24.6. The summed E-state index contributed by atoms with van der Waals surface area (Å²) in [6.07, 6.45) is 0.0693. The molecule has 0 unspecified atom stereocenters. The van der Waals surface area contributed by atoms with Crippen molar-refractivity contribution in [2.45, 2.75) is 39.0 Å². The van der Waals surface area contributed by atoms with Gasteiger partial charge < -0.3 is 9.84 Å². The van der Waals surface area contributed by atoms with Crippen LogP contribution in [0, 0.1) is 5.82 Å². The minimum atomic E-state index is -0.516. The van der Waals surface area contributed by atoms with Gasteiger partial charge >= 0.3 is 0 Å². The molecule has 35 heavy (non-hydrogen) atoms. The van der Waals surface area contributed by atoms with Crippen LogP contribution in [-0.2, 0) is 20.0 Å². The predicted octanol–water partition coefficient (Wildman–Crippen LogP) is 5.83. The highest BCUT2D eigenvalue weighted by Crippen LogP contribution is 2.34. The number of hydrogen-bond acceptors (Lipinski definition) is 4. The fourth-order valence-electron chi connectivity index (χ4n) is 4.15. The Morgan fingerprint density at radius 2 is 1.57 bits per heavy atom. The minimum absolute atomic E-state index is 0.183. The third kappa shape index (κ3) is 6.35. The van der Waals surface area contributed by atoms with Gasteiger partial charge in [0.05, 0.1) is 11.7 Å². The standard InChI is InChI=1S/C29H32FN3O2/c1-21(2)33(19-25(34)18-22-10-6-4-7-11-22)20-27-28(23-12-8-5-9-13-23)31-32(3)29(27)35-26-16-14-24(30)15-17-26/h4-17,21,25,34H,18-20H2,1-3H3/t25-/m0/s1. The van der Waals surface area contributed by atoms with E-state index in [1.54, 1.807) is 16.8 Å². The second-order valence-corrected chi connectivity index (χ2v) is 9.04. The van der Waals surface area contributed by atoms with Crippen molar-refractivity contribution in [2.24, 2.45) is 7.05 Å². The lowest BCUT2D eigenvalue weighted by Crippen LogP contribution is -2.38. The number of nitrogens with zero attached hydrogens (tertiary/aromatic N) is 3. The minimum Gasteiger partial charge on any atom is -0.439 e. The summed E-state index contributed by atoms with van der Waals surface area (Å²) in [5, 5.41) is 15.7. The fourth-order valence-corrected chi connectivity index (χ4v) is 4.15. The summed E-state index contributed by atoms with van der Waals surface area (Å²) in [6.45, 7) is 5.28. The maximum Gasteiger partial charge on any atom is 0.222 e. The molecular formula is C29H32FN3O2. The largest absolute Gasteiger partial charge is 0.439 e. The Balaban J connectivity index is 1.64. The number of hydrogen-bond donors (Lipinski definition) is 1. The van der Waals surface area contributed by atoms with Crippen LogP contribution in [0.3, 0.4) is 0 Å². The lowest BCUT2D eigenvalue weighted by molar-refractivity contribution is 0.0904. The van der Waals surface area contributed by atoms with Gasteiger partial charge in [0.15, 0.2) is 0 Å². The SMILES string of the molecule is CC(C)N(Cc1c(-c2ccccc2)nn(C)c1Oc1ccc(F)cc1)C[C@@H](O)Cc1ccccc1. The number of aryl methyl sites for hydroxylation is 1. The Labute approximate surface area is 206 Å². The Morgan fingerprint density at radius 1 is 0.943 bits per heavy atom. The molecule has 0 bridgehead atoms. The molecule has 5 nitrogen and oxygen atoms in total. The van der Waals surface area contributed by atoms with Crippen molar-refractivity contribution >= 4 is 0 Å². The van der Waals surface area contributed by atoms with Gasteiger partial charge in [0, 0.05) is 31.7 Å². The van der Waals surface area contributed by atoms with Crippen LogP contribution in [0.4, 0.5) is 4.39 Å². The monoisotopic (exact) mass is 473 g/mol. The van der Waals surface area contributed by atoms with Crippen LogP contribution >= 0.6 is 0 Å². The average molecular weight is 474 g/mol. The van der Waals surface area contributed by atoms with Crippen molar-refractivity contribution in [1.29, 1.82) is 0 Å². The van der Waals surface area contributed by atoms with E-state index in [1.807, 2.05) is 67.7 Å². The summed E-state index contributed by atoms with van der Waals surface area (Å²) in [4.78, 5) is 2.23. The first-order chi connectivity index (χ1) is 16.9. The summed E-state index contributed by atoms with van der Waals surface area (Å²) in [7, 11) is 1.85. The van der Waals surface area contributed by atoms with Gasteiger partial charge in [-0.25, -0.2) is 9.07 Å². The van der Waals surface area contributed by atoms with Gasteiger partial charge in [-0.15, -0.1) is 0 Å². The Hall–Kier alpha value is -3.48. The van der Waals surface area contributed by atoms with Crippen molar-refractivity contribution in [1.82, 2.24) is 14.7 Å². The molecule has 1 atom stereocenters. The second-order valence-electron chi connectivity index (χ2n) is 9.04. The molecule has 4 aromatic rings. The summed E-state index contributed by atoms with van der Waals surface area (Å²) in [6, 6.07) is 26.2. The van der Waals surface area contributed by atoms with Crippen LogP contribution in [0.1, 0.15) is 25.0 Å². The van der Waals surface area contributed by atoms with E-state index in [9.17, 15) is 9.50 Å². The van der Waals surface area contributed by atoms with Crippen LogP contribution in [-0.4, -0.2) is 38.5 Å². The molecule has 1 aromatic heterocycles. The first-order valence-corrected chi connectivity index (χ1v) is 11.9. The average Bonchev–Trinajstić information content (AvgIpc) is 3.16. The highest BCUT2D eigenvalue weighted by Gasteiger charge is 2.24. The molecule has 3 aromatic carbocycles. The molecule has 182 valence electrons. The molecule has 0 aliphatic rings. The molecule has 4 rings (SSSR count). The molecule has 1 heterocycles. The molecule has 0 fully saturated rings.